The van der Waals surface area contributed by atoms with E-state index in [9.17, 15) is 0 Å². The van der Waals surface area contributed by atoms with Crippen LogP contribution in [0.25, 0.3) is 4.96 Å². The molecule has 0 spiro atoms. The number of thiazole rings is 1. The number of hydrogen-bond acceptors (Lipinski definition) is 4. The van der Waals surface area contributed by atoms with E-state index in [0.717, 1.165) is 22.0 Å². The summed E-state index contributed by atoms with van der Waals surface area (Å²) < 4.78 is 13.5. The molecule has 0 N–H and O–H groups in total. The Morgan fingerprint density at radius 1 is 1.33 bits per heavy atom. The van der Waals surface area contributed by atoms with Crippen LogP contribution in [0.5, 0.6) is 11.5 Å². The van der Waals surface area contributed by atoms with Crippen molar-refractivity contribution in [1.29, 1.82) is 0 Å². The number of rotatable bonds is 6. The van der Waals surface area contributed by atoms with Gasteiger partial charge in [0.25, 0.3) is 0 Å². The zero-order valence-electron chi connectivity index (χ0n) is 11.6. The van der Waals surface area contributed by atoms with Crippen LogP contribution in [0, 0.1) is 0 Å². The second-order valence-electron chi connectivity index (χ2n) is 4.42. The first-order valence-corrected chi connectivity index (χ1v) is 8.07. The summed E-state index contributed by atoms with van der Waals surface area (Å²) in [6.07, 6.45) is 3.95. The largest absolute Gasteiger partial charge is 0.490 e. The Labute approximate surface area is 131 Å². The molecule has 0 aliphatic heterocycles. The lowest BCUT2D eigenvalue weighted by Crippen LogP contribution is -2.02. The number of benzene rings is 1. The summed E-state index contributed by atoms with van der Waals surface area (Å²) >= 11 is 7.58. The van der Waals surface area contributed by atoms with Crippen molar-refractivity contribution in [2.45, 2.75) is 19.4 Å². The predicted octanol–water partition coefficient (Wildman–Crippen LogP) is 4.11. The topological polar surface area (TPSA) is 35.8 Å². The van der Waals surface area contributed by atoms with Crippen LogP contribution in [0.4, 0.5) is 0 Å². The first kappa shape index (κ1) is 14.2. The molecule has 0 aliphatic carbocycles. The van der Waals surface area contributed by atoms with Gasteiger partial charge in [-0.05, 0) is 13.0 Å². The number of ether oxygens (including phenoxy) is 2. The third kappa shape index (κ3) is 2.99. The first-order chi connectivity index (χ1) is 10.3. The third-order valence-electron chi connectivity index (χ3n) is 3.01. The predicted molar refractivity (Wildman–Crippen MR) is 84.6 cm³/mol. The summed E-state index contributed by atoms with van der Waals surface area (Å²) in [5.74, 6) is 1.80. The van der Waals surface area contributed by atoms with Crippen LogP contribution in [0.3, 0.4) is 0 Å². The minimum atomic E-state index is 0.383. The molecule has 0 saturated heterocycles. The smallest absolute Gasteiger partial charge is 0.193 e. The van der Waals surface area contributed by atoms with Crippen molar-refractivity contribution in [3.05, 3.63) is 47.2 Å². The molecule has 21 heavy (non-hydrogen) atoms. The van der Waals surface area contributed by atoms with E-state index < -0.39 is 0 Å². The average molecular weight is 323 g/mol. The van der Waals surface area contributed by atoms with Crippen molar-refractivity contribution in [2.75, 3.05) is 6.61 Å². The fraction of sp³-hybridized carbons (Fsp3) is 0.267. The highest BCUT2D eigenvalue weighted by molar-refractivity contribution is 7.15. The number of para-hydroxylation sites is 1. The number of nitrogens with zero attached hydrogens (tertiary/aromatic N) is 2. The molecule has 2 heterocycles. The minimum absolute atomic E-state index is 0.383. The van der Waals surface area contributed by atoms with E-state index in [4.69, 9.17) is 21.1 Å². The molecule has 0 saturated carbocycles. The maximum Gasteiger partial charge on any atom is 0.193 e. The van der Waals surface area contributed by atoms with Crippen LogP contribution >= 0.6 is 22.9 Å². The Bertz CT molecular complexity index is 710. The molecule has 1 aromatic carbocycles. The van der Waals surface area contributed by atoms with Crippen LogP contribution in [0.15, 0.2) is 36.0 Å². The Hall–Kier alpha value is -1.72. The van der Waals surface area contributed by atoms with E-state index in [-0.39, 0.29) is 0 Å². The highest BCUT2D eigenvalue weighted by Crippen LogP contribution is 2.33. The first-order valence-electron chi connectivity index (χ1n) is 6.66. The Kier molecular flexibility index (Phi) is 4.31. The lowest BCUT2D eigenvalue weighted by molar-refractivity contribution is 0.265. The second-order valence-corrected chi connectivity index (χ2v) is 5.57. The number of halogens is 1. The number of imidazole rings is 1. The standard InChI is InChI=1S/C15H15ClN2O2S/c1-2-19-13-5-3-4-11(8-16)14(13)20-10-12-9-18-6-7-21-15(18)17-12/h3-7,9H,2,8,10H2,1H3. The molecule has 6 heteroatoms. The molecule has 0 unspecified atom stereocenters. The molecule has 0 amide bonds. The molecule has 3 aromatic rings. The summed E-state index contributed by atoms with van der Waals surface area (Å²) in [5.41, 5.74) is 1.80. The molecule has 0 aliphatic rings. The van der Waals surface area contributed by atoms with E-state index in [0.29, 0.717) is 24.8 Å². The van der Waals surface area contributed by atoms with E-state index in [1.165, 1.54) is 0 Å². The maximum absolute atomic E-state index is 5.98. The van der Waals surface area contributed by atoms with Crippen molar-refractivity contribution in [3.63, 3.8) is 0 Å². The van der Waals surface area contributed by atoms with Crippen molar-refractivity contribution in [1.82, 2.24) is 9.38 Å². The number of alkyl halides is 1. The van der Waals surface area contributed by atoms with Gasteiger partial charge in [-0.15, -0.1) is 22.9 Å². The minimum Gasteiger partial charge on any atom is -0.490 e. The highest BCUT2D eigenvalue weighted by Gasteiger charge is 2.12. The van der Waals surface area contributed by atoms with Gasteiger partial charge in [0.05, 0.1) is 18.2 Å². The van der Waals surface area contributed by atoms with E-state index in [1.54, 1.807) is 11.3 Å². The van der Waals surface area contributed by atoms with E-state index >= 15 is 0 Å². The van der Waals surface area contributed by atoms with Crippen molar-refractivity contribution in [2.24, 2.45) is 0 Å². The van der Waals surface area contributed by atoms with Gasteiger partial charge in [0.15, 0.2) is 16.5 Å². The van der Waals surface area contributed by atoms with Gasteiger partial charge in [-0.2, -0.15) is 0 Å². The zero-order chi connectivity index (χ0) is 14.7. The average Bonchev–Trinajstić information content (AvgIpc) is 3.07. The molecule has 110 valence electrons. The van der Waals surface area contributed by atoms with Gasteiger partial charge < -0.3 is 9.47 Å². The molecule has 0 radical (unpaired) electrons. The van der Waals surface area contributed by atoms with Crippen molar-refractivity contribution < 1.29 is 9.47 Å². The third-order valence-corrected chi connectivity index (χ3v) is 4.07. The fourth-order valence-corrected chi connectivity index (χ4v) is 3.02. The molecule has 3 rings (SSSR count). The summed E-state index contributed by atoms with van der Waals surface area (Å²) in [4.78, 5) is 5.46. The maximum atomic E-state index is 5.98. The molecule has 0 bridgehead atoms. The van der Waals surface area contributed by atoms with Crippen LogP contribution in [-0.4, -0.2) is 16.0 Å². The molecule has 0 atom stereocenters. The van der Waals surface area contributed by atoms with Crippen LogP contribution < -0.4 is 9.47 Å². The molecular formula is C15H15ClN2O2S. The monoisotopic (exact) mass is 322 g/mol. The van der Waals surface area contributed by atoms with Crippen LogP contribution in [0.1, 0.15) is 18.2 Å². The van der Waals surface area contributed by atoms with Crippen molar-refractivity contribution in [3.8, 4) is 11.5 Å². The van der Waals surface area contributed by atoms with Gasteiger partial charge in [-0.3, -0.25) is 4.40 Å². The Morgan fingerprint density at radius 2 is 2.24 bits per heavy atom. The number of aromatic nitrogens is 2. The SMILES string of the molecule is CCOc1cccc(CCl)c1OCc1cn2ccsc2n1. The van der Waals surface area contributed by atoms with Gasteiger partial charge >= 0.3 is 0 Å². The van der Waals surface area contributed by atoms with Gasteiger partial charge in [0.2, 0.25) is 0 Å². The van der Waals surface area contributed by atoms with Gasteiger partial charge in [-0.25, -0.2) is 4.98 Å². The lowest BCUT2D eigenvalue weighted by atomic mass is 10.2. The summed E-state index contributed by atoms with van der Waals surface area (Å²) in [7, 11) is 0. The second kappa shape index (κ2) is 6.37. The molecule has 0 fully saturated rings. The molecule has 2 aromatic heterocycles. The van der Waals surface area contributed by atoms with Gasteiger partial charge in [0, 0.05) is 23.3 Å². The number of hydrogen-bond donors (Lipinski definition) is 0. The van der Waals surface area contributed by atoms with Crippen LogP contribution in [0.2, 0.25) is 0 Å². The number of fused-ring (bicyclic) bond motifs is 1. The van der Waals surface area contributed by atoms with E-state index in [2.05, 4.69) is 4.98 Å². The molecule has 4 nitrogen and oxygen atoms in total. The normalized spacial score (nSPS) is 11.0. The van der Waals surface area contributed by atoms with Gasteiger partial charge in [-0.1, -0.05) is 12.1 Å². The summed E-state index contributed by atoms with van der Waals surface area (Å²) in [5, 5.41) is 2.00. The Morgan fingerprint density at radius 3 is 3.00 bits per heavy atom. The molecular weight excluding hydrogens is 308 g/mol. The Balaban J connectivity index is 1.81. The zero-order valence-corrected chi connectivity index (χ0v) is 13.2. The summed E-state index contributed by atoms with van der Waals surface area (Å²) in [6.45, 7) is 2.92. The fourth-order valence-electron chi connectivity index (χ4n) is 2.09. The van der Waals surface area contributed by atoms with Gasteiger partial charge in [0.1, 0.15) is 6.61 Å². The van der Waals surface area contributed by atoms with Crippen molar-refractivity contribution >= 4 is 27.9 Å². The van der Waals surface area contributed by atoms with Crippen LogP contribution in [-0.2, 0) is 12.5 Å². The lowest BCUT2D eigenvalue weighted by Gasteiger charge is -2.14. The quantitative estimate of drug-likeness (QED) is 0.641. The summed E-state index contributed by atoms with van der Waals surface area (Å²) in [6, 6.07) is 5.75. The highest BCUT2D eigenvalue weighted by atomic mass is 35.5. The van der Waals surface area contributed by atoms with E-state index in [1.807, 2.05) is 47.3 Å².